The zero-order valence-electron chi connectivity index (χ0n) is 35.4. The van der Waals surface area contributed by atoms with Crippen LogP contribution < -0.4 is 54.4 Å². The predicted molar refractivity (Wildman–Crippen MR) is 223 cm³/mol. The third kappa shape index (κ3) is 17.4. The summed E-state index contributed by atoms with van der Waals surface area (Å²) in [7, 11) is 0. The molecular weight excluding hydrogens is 860 g/mol. The van der Waals surface area contributed by atoms with E-state index in [-0.39, 0.29) is 57.4 Å². The Bertz CT molecular complexity index is 1970. The van der Waals surface area contributed by atoms with Gasteiger partial charge in [0.15, 0.2) is 0 Å². The lowest BCUT2D eigenvalue weighted by molar-refractivity contribution is -0.142. The van der Waals surface area contributed by atoms with Crippen LogP contribution in [-0.2, 0) is 64.0 Å². The van der Waals surface area contributed by atoms with E-state index in [0.717, 1.165) is 0 Å². The van der Waals surface area contributed by atoms with Crippen LogP contribution >= 0.6 is 0 Å². The monoisotopic (exact) mass is 916 g/mol. The van der Waals surface area contributed by atoms with Gasteiger partial charge < -0.3 is 74.4 Å². The number of hydrogen-bond acceptors (Lipinski definition) is 14. The second-order valence-corrected chi connectivity index (χ2v) is 15.1. The largest absolute Gasteiger partial charge is 0.508 e. The second kappa shape index (κ2) is 25.7. The van der Waals surface area contributed by atoms with Gasteiger partial charge in [-0.3, -0.25) is 52.7 Å². The Labute approximate surface area is 371 Å². The van der Waals surface area contributed by atoms with Crippen molar-refractivity contribution < 1.29 is 67.7 Å². The van der Waals surface area contributed by atoms with Crippen molar-refractivity contribution >= 4 is 70.9 Å². The summed E-state index contributed by atoms with van der Waals surface area (Å²) in [6.45, 7) is -2.26. The Balaban J connectivity index is 1.55. The van der Waals surface area contributed by atoms with E-state index in [4.69, 9.17) is 17.2 Å². The Morgan fingerprint density at radius 3 is 1.62 bits per heavy atom. The highest BCUT2D eigenvalue weighted by atomic mass is 16.4. The van der Waals surface area contributed by atoms with Crippen LogP contribution in [0.25, 0.3) is 0 Å². The van der Waals surface area contributed by atoms with Crippen LogP contribution in [0.5, 0.6) is 5.75 Å². The van der Waals surface area contributed by atoms with Gasteiger partial charge in [0.2, 0.25) is 65.0 Å². The molecule has 26 heteroatoms. The number of carbonyl (C=O) groups is 12. The van der Waals surface area contributed by atoms with Gasteiger partial charge in [-0.1, -0.05) is 12.1 Å². The van der Waals surface area contributed by atoms with Crippen LogP contribution in [0, 0.1) is 0 Å². The Kier molecular flexibility index (Phi) is 20.5. The summed E-state index contributed by atoms with van der Waals surface area (Å²) in [4.78, 5) is 152. The Morgan fingerprint density at radius 2 is 1.09 bits per heavy atom. The first-order valence-electron chi connectivity index (χ1n) is 20.6. The molecule has 3 rings (SSSR count). The third-order valence-corrected chi connectivity index (χ3v) is 10.3. The topological polar surface area (TPSA) is 414 Å². The standard InChI is InChI=1S/C39H56N12O14/c40-16-33(58)50-13-1-3-26(50)37(62)44-17-30(55)43-18-31(56)48-25(15-21-5-7-22(52)8-6-21)35(60)46-20-34(59)51-14-2-4-27(51)38(63)45-19-32(57)47-23(9-11-28(41)53)36(61)49-24(39(64)65)10-12-29(42)54/h5-8,23-27,52H,1-4,9-20,40H2,(H2,41,53)(H2,42,54)(H,43,55)(H,44,62)(H,45,63)(H,46,60)(H,47,57)(H,48,56)(H,49,61)(H,64,65)/t23-,24-,25-,26-,27-/m0/s1. The van der Waals surface area contributed by atoms with E-state index in [1.165, 1.54) is 34.1 Å². The lowest BCUT2D eigenvalue weighted by Crippen LogP contribution is -2.55. The van der Waals surface area contributed by atoms with Gasteiger partial charge in [0.05, 0.1) is 32.7 Å². The molecule has 0 bridgehead atoms. The average molecular weight is 917 g/mol. The van der Waals surface area contributed by atoms with Gasteiger partial charge in [0, 0.05) is 32.4 Å². The predicted octanol–water partition coefficient (Wildman–Crippen LogP) is -6.59. The minimum absolute atomic E-state index is 0.0618. The van der Waals surface area contributed by atoms with Crippen molar-refractivity contribution in [1.29, 1.82) is 0 Å². The first-order valence-corrected chi connectivity index (χ1v) is 20.6. The van der Waals surface area contributed by atoms with Crippen molar-refractivity contribution in [1.82, 2.24) is 47.0 Å². The minimum atomic E-state index is -1.55. The highest BCUT2D eigenvalue weighted by Crippen LogP contribution is 2.18. The number of hydrogen-bond donors (Lipinski definition) is 12. The average Bonchev–Trinajstić information content (AvgIpc) is 3.97. The number of carbonyl (C=O) groups excluding carboxylic acids is 11. The number of carboxylic acids is 1. The molecule has 2 heterocycles. The maximum atomic E-state index is 13.4. The maximum Gasteiger partial charge on any atom is 0.326 e. The molecule has 0 saturated carbocycles. The molecule has 5 atom stereocenters. The molecule has 2 fully saturated rings. The number of phenols is 1. The SMILES string of the molecule is NCC(=O)N1CCC[C@H]1C(=O)NCC(=O)NCC(=O)N[C@@H](Cc1ccc(O)cc1)C(=O)NCC(=O)N1CCC[C@H]1C(=O)NCC(=O)N[C@@H](CCC(N)=O)C(=O)N[C@@H](CCC(N)=O)C(=O)O. The summed E-state index contributed by atoms with van der Waals surface area (Å²) >= 11 is 0. The first kappa shape index (κ1) is 52.0. The molecule has 26 nitrogen and oxygen atoms in total. The Hall–Kier alpha value is -7.38. The molecule has 0 aliphatic carbocycles. The highest BCUT2D eigenvalue weighted by Gasteiger charge is 2.36. The lowest BCUT2D eigenvalue weighted by Gasteiger charge is -2.25. The van der Waals surface area contributed by atoms with Gasteiger partial charge in [-0.25, -0.2) is 4.79 Å². The zero-order valence-corrected chi connectivity index (χ0v) is 35.4. The van der Waals surface area contributed by atoms with Crippen LogP contribution in [0.2, 0.25) is 0 Å². The van der Waals surface area contributed by atoms with Crippen molar-refractivity contribution in [2.24, 2.45) is 17.2 Å². The molecule has 0 aromatic heterocycles. The minimum Gasteiger partial charge on any atom is -0.508 e. The zero-order chi connectivity index (χ0) is 48.2. The number of aromatic hydroxyl groups is 1. The number of primary amides is 2. The van der Waals surface area contributed by atoms with Crippen molar-refractivity contribution in [3.8, 4) is 5.75 Å². The second-order valence-electron chi connectivity index (χ2n) is 15.1. The summed E-state index contributed by atoms with van der Waals surface area (Å²) in [5.41, 5.74) is 16.2. The van der Waals surface area contributed by atoms with Gasteiger partial charge in [0.1, 0.15) is 36.0 Å². The number of benzene rings is 1. The van der Waals surface area contributed by atoms with Crippen molar-refractivity contribution in [2.45, 2.75) is 88.0 Å². The van der Waals surface area contributed by atoms with Gasteiger partial charge in [-0.05, 0) is 56.2 Å². The molecule has 356 valence electrons. The molecule has 1 aromatic carbocycles. The first-order chi connectivity index (χ1) is 30.8. The van der Waals surface area contributed by atoms with Crippen molar-refractivity contribution in [3.05, 3.63) is 29.8 Å². The summed E-state index contributed by atoms with van der Waals surface area (Å²) in [6, 6.07) is -0.478. The molecule has 2 aliphatic heterocycles. The van der Waals surface area contributed by atoms with E-state index >= 15 is 0 Å². The van der Waals surface area contributed by atoms with E-state index < -0.39 is 127 Å². The summed E-state index contributed by atoms with van der Waals surface area (Å²) in [5, 5.41) is 35.6. The summed E-state index contributed by atoms with van der Waals surface area (Å²) < 4.78 is 0. The van der Waals surface area contributed by atoms with Crippen molar-refractivity contribution in [3.63, 3.8) is 0 Å². The molecule has 11 amide bonds. The maximum absolute atomic E-state index is 13.4. The summed E-state index contributed by atoms with van der Waals surface area (Å²) in [5.74, 6) is -9.90. The van der Waals surface area contributed by atoms with Crippen LogP contribution in [0.1, 0.15) is 56.9 Å². The third-order valence-electron chi connectivity index (χ3n) is 10.3. The number of amides is 11. The van der Waals surface area contributed by atoms with Gasteiger partial charge in [-0.15, -0.1) is 0 Å². The van der Waals surface area contributed by atoms with Gasteiger partial charge in [0.25, 0.3) is 0 Å². The van der Waals surface area contributed by atoms with Gasteiger partial charge >= 0.3 is 5.97 Å². The molecule has 15 N–H and O–H groups in total. The van der Waals surface area contributed by atoms with Crippen LogP contribution in [0.4, 0.5) is 0 Å². The fourth-order valence-corrected chi connectivity index (χ4v) is 6.93. The van der Waals surface area contributed by atoms with Crippen LogP contribution in [0.3, 0.4) is 0 Å². The van der Waals surface area contributed by atoms with Crippen LogP contribution in [-0.4, -0.2) is 167 Å². The molecule has 1 aromatic rings. The molecule has 65 heavy (non-hydrogen) atoms. The van der Waals surface area contributed by atoms with Gasteiger partial charge in [-0.2, -0.15) is 0 Å². The van der Waals surface area contributed by atoms with Crippen LogP contribution in [0.15, 0.2) is 24.3 Å². The smallest absolute Gasteiger partial charge is 0.326 e. The normalized spacial score (nSPS) is 16.8. The number of nitrogens with one attached hydrogen (secondary N) is 7. The number of phenolic OH excluding ortho intramolecular Hbond substituents is 1. The Morgan fingerprint density at radius 1 is 0.600 bits per heavy atom. The number of nitrogens with two attached hydrogens (primary N) is 3. The quantitative estimate of drug-likeness (QED) is 0.0434. The summed E-state index contributed by atoms with van der Waals surface area (Å²) in [6.07, 6.45) is -0.0227. The lowest BCUT2D eigenvalue weighted by atomic mass is 10.0. The fraction of sp³-hybridized carbons (Fsp3) is 0.538. The van der Waals surface area contributed by atoms with Crippen molar-refractivity contribution in [2.75, 3.05) is 45.8 Å². The molecule has 2 saturated heterocycles. The molecule has 0 unspecified atom stereocenters. The number of nitrogens with zero attached hydrogens (tertiary/aromatic N) is 2. The number of carboxylic acid groups (broad SMARTS) is 1. The fourth-order valence-electron chi connectivity index (χ4n) is 6.93. The van der Waals surface area contributed by atoms with E-state index in [1.54, 1.807) is 0 Å². The highest BCUT2D eigenvalue weighted by molar-refractivity contribution is 5.96. The molecule has 0 radical (unpaired) electrons. The van der Waals surface area contributed by atoms with E-state index in [1.807, 2.05) is 0 Å². The number of rotatable bonds is 25. The van der Waals surface area contributed by atoms with E-state index in [9.17, 15) is 67.7 Å². The molecular formula is C39H56N12O14. The molecule has 0 spiro atoms. The molecule has 2 aliphatic rings. The van der Waals surface area contributed by atoms with E-state index in [0.29, 0.717) is 31.4 Å². The number of aliphatic carboxylic acids is 1. The number of likely N-dealkylation sites (tertiary alicyclic amines) is 2. The van der Waals surface area contributed by atoms with E-state index in [2.05, 4.69) is 37.2 Å².